The molecule has 1 amide bonds. The first kappa shape index (κ1) is 21.4. The number of halogens is 1. The Morgan fingerprint density at radius 2 is 2.03 bits per heavy atom. The summed E-state index contributed by atoms with van der Waals surface area (Å²) in [6.07, 6.45) is 2.84. The van der Waals surface area contributed by atoms with Gasteiger partial charge in [0, 0.05) is 45.4 Å². The van der Waals surface area contributed by atoms with Gasteiger partial charge in [-0.1, -0.05) is 12.1 Å². The number of hydrogen-bond acceptors (Lipinski definition) is 5. The summed E-state index contributed by atoms with van der Waals surface area (Å²) in [6, 6.07) is 5.82. The van der Waals surface area contributed by atoms with Gasteiger partial charge in [0.1, 0.15) is 5.82 Å². The van der Waals surface area contributed by atoms with Crippen LogP contribution in [0.4, 0.5) is 4.39 Å². The number of hydrogen-bond donors (Lipinski definition) is 1. The van der Waals surface area contributed by atoms with Crippen molar-refractivity contribution in [3.05, 3.63) is 48.2 Å². The third-order valence-electron chi connectivity index (χ3n) is 4.96. The normalized spacial score (nSPS) is 20.1. The predicted molar refractivity (Wildman–Crippen MR) is 104 cm³/mol. The van der Waals surface area contributed by atoms with Gasteiger partial charge in [-0.25, -0.2) is 17.8 Å². The van der Waals surface area contributed by atoms with Crippen molar-refractivity contribution in [2.75, 3.05) is 32.8 Å². The molecular weight excluding hydrogens is 399 g/mol. The molecule has 3 rings (SSSR count). The first-order chi connectivity index (χ1) is 13.8. The van der Waals surface area contributed by atoms with Crippen LogP contribution in [-0.4, -0.2) is 61.0 Å². The number of nitrogens with one attached hydrogen (secondary N) is 1. The van der Waals surface area contributed by atoms with Gasteiger partial charge in [0.2, 0.25) is 5.91 Å². The van der Waals surface area contributed by atoms with Crippen molar-refractivity contribution in [2.45, 2.75) is 17.9 Å². The van der Waals surface area contributed by atoms with E-state index in [0.29, 0.717) is 19.8 Å². The fourth-order valence-corrected chi connectivity index (χ4v) is 4.91. The highest BCUT2D eigenvalue weighted by Gasteiger charge is 2.44. The van der Waals surface area contributed by atoms with E-state index in [4.69, 9.17) is 4.74 Å². The molecule has 8 nitrogen and oxygen atoms in total. The number of ether oxygens (including phenoxy) is 1. The topological polar surface area (TPSA) is 93.5 Å². The Morgan fingerprint density at radius 1 is 1.31 bits per heavy atom. The molecule has 10 heteroatoms. The molecule has 0 saturated carbocycles. The minimum atomic E-state index is -3.84. The van der Waals surface area contributed by atoms with E-state index >= 15 is 0 Å². The van der Waals surface area contributed by atoms with E-state index in [-0.39, 0.29) is 35.8 Å². The molecule has 2 heterocycles. The van der Waals surface area contributed by atoms with E-state index in [1.807, 2.05) is 6.92 Å². The minimum Gasteiger partial charge on any atom is -0.380 e. The number of carbonyl (C=O) groups is 1. The molecule has 1 aliphatic heterocycles. The minimum absolute atomic E-state index is 0.0292. The van der Waals surface area contributed by atoms with Gasteiger partial charge in [-0.15, -0.1) is 0 Å². The highest BCUT2D eigenvalue weighted by molar-refractivity contribution is 7.89. The van der Waals surface area contributed by atoms with Crippen LogP contribution in [0.1, 0.15) is 18.4 Å². The van der Waals surface area contributed by atoms with Crippen molar-refractivity contribution in [2.24, 2.45) is 13.0 Å². The van der Waals surface area contributed by atoms with Crippen LogP contribution in [0.25, 0.3) is 0 Å². The zero-order valence-electron chi connectivity index (χ0n) is 16.4. The lowest BCUT2D eigenvalue weighted by Crippen LogP contribution is -2.37. The van der Waals surface area contributed by atoms with Crippen LogP contribution in [-0.2, 0) is 26.6 Å². The van der Waals surface area contributed by atoms with Crippen molar-refractivity contribution in [1.29, 1.82) is 0 Å². The van der Waals surface area contributed by atoms with Gasteiger partial charge in [-0.3, -0.25) is 4.79 Å². The molecule has 1 aliphatic rings. The summed E-state index contributed by atoms with van der Waals surface area (Å²) in [5.41, 5.74) is 0.718. The zero-order valence-corrected chi connectivity index (χ0v) is 17.2. The lowest BCUT2D eigenvalue weighted by atomic mass is 9.88. The molecule has 1 fully saturated rings. The SMILES string of the molecule is CCOCCNC(=O)C1CN(S(=O)(=O)c2cn(C)cn2)CC1c1ccc(F)cc1. The van der Waals surface area contributed by atoms with E-state index in [2.05, 4.69) is 10.3 Å². The summed E-state index contributed by atoms with van der Waals surface area (Å²) in [4.78, 5) is 16.7. The summed E-state index contributed by atoms with van der Waals surface area (Å²) in [6.45, 7) is 3.28. The molecule has 1 aromatic heterocycles. The lowest BCUT2D eigenvalue weighted by Gasteiger charge is -2.18. The second kappa shape index (κ2) is 9.02. The molecule has 2 atom stereocenters. The smallest absolute Gasteiger partial charge is 0.262 e. The van der Waals surface area contributed by atoms with Gasteiger partial charge in [0.05, 0.1) is 18.9 Å². The van der Waals surface area contributed by atoms with E-state index < -0.39 is 15.9 Å². The van der Waals surface area contributed by atoms with Gasteiger partial charge in [0.15, 0.2) is 5.03 Å². The molecule has 1 N–H and O–H groups in total. The van der Waals surface area contributed by atoms with Gasteiger partial charge in [-0.2, -0.15) is 4.31 Å². The van der Waals surface area contributed by atoms with Crippen LogP contribution in [0.2, 0.25) is 0 Å². The van der Waals surface area contributed by atoms with Crippen molar-refractivity contribution in [3.8, 4) is 0 Å². The number of sulfonamides is 1. The molecule has 2 aromatic rings. The number of imidazole rings is 1. The molecule has 1 aromatic carbocycles. The molecule has 29 heavy (non-hydrogen) atoms. The Labute approximate surface area is 169 Å². The van der Waals surface area contributed by atoms with Gasteiger partial charge < -0.3 is 14.6 Å². The van der Waals surface area contributed by atoms with Crippen LogP contribution in [0.3, 0.4) is 0 Å². The molecule has 158 valence electrons. The average molecular weight is 424 g/mol. The van der Waals surface area contributed by atoms with Gasteiger partial charge >= 0.3 is 0 Å². The maximum Gasteiger partial charge on any atom is 0.262 e. The van der Waals surface area contributed by atoms with Crippen molar-refractivity contribution < 1.29 is 22.3 Å². The highest BCUT2D eigenvalue weighted by Crippen LogP contribution is 2.35. The second-order valence-electron chi connectivity index (χ2n) is 6.95. The number of carbonyl (C=O) groups excluding carboxylic acids is 1. The highest BCUT2D eigenvalue weighted by atomic mass is 32.2. The van der Waals surface area contributed by atoms with Gasteiger partial charge in [0.25, 0.3) is 10.0 Å². The summed E-state index contributed by atoms with van der Waals surface area (Å²) >= 11 is 0. The van der Waals surface area contributed by atoms with Crippen molar-refractivity contribution in [1.82, 2.24) is 19.2 Å². The summed E-state index contributed by atoms with van der Waals surface area (Å²) in [5.74, 6) is -1.62. The fraction of sp³-hybridized carbons (Fsp3) is 0.474. The Morgan fingerprint density at radius 3 is 2.66 bits per heavy atom. The quantitative estimate of drug-likeness (QED) is 0.641. The van der Waals surface area contributed by atoms with Crippen LogP contribution in [0.15, 0.2) is 41.8 Å². The molecule has 0 aliphatic carbocycles. The molecule has 0 radical (unpaired) electrons. The van der Waals surface area contributed by atoms with E-state index in [1.165, 1.54) is 29.0 Å². The first-order valence-electron chi connectivity index (χ1n) is 9.42. The third-order valence-corrected chi connectivity index (χ3v) is 6.67. The fourth-order valence-electron chi connectivity index (χ4n) is 3.45. The van der Waals surface area contributed by atoms with Gasteiger partial charge in [-0.05, 0) is 24.6 Å². The maximum absolute atomic E-state index is 13.3. The molecule has 0 bridgehead atoms. The standard InChI is InChI=1S/C19H25FN4O4S/c1-3-28-9-8-21-19(25)17-11-24(29(26,27)18-12-23(2)13-22-18)10-16(17)14-4-6-15(20)7-5-14/h4-7,12-13,16-17H,3,8-11H2,1-2H3,(H,21,25). The number of aryl methyl sites for hydroxylation is 1. The lowest BCUT2D eigenvalue weighted by molar-refractivity contribution is -0.125. The Balaban J connectivity index is 1.83. The molecule has 0 spiro atoms. The Bertz CT molecular complexity index is 945. The van der Waals surface area contributed by atoms with Crippen LogP contribution < -0.4 is 5.32 Å². The molecule has 1 saturated heterocycles. The second-order valence-corrected chi connectivity index (χ2v) is 8.84. The van der Waals surface area contributed by atoms with Crippen LogP contribution in [0, 0.1) is 11.7 Å². The number of nitrogens with zero attached hydrogens (tertiary/aromatic N) is 3. The van der Waals surface area contributed by atoms with Crippen LogP contribution >= 0.6 is 0 Å². The number of amides is 1. The monoisotopic (exact) mass is 424 g/mol. The molecule has 2 unspecified atom stereocenters. The maximum atomic E-state index is 13.3. The van der Waals surface area contributed by atoms with Crippen molar-refractivity contribution >= 4 is 15.9 Å². The zero-order chi connectivity index (χ0) is 21.0. The number of benzene rings is 1. The largest absolute Gasteiger partial charge is 0.380 e. The Kier molecular flexibility index (Phi) is 6.66. The predicted octanol–water partition coefficient (Wildman–Crippen LogP) is 1.12. The van der Waals surface area contributed by atoms with Crippen molar-refractivity contribution in [3.63, 3.8) is 0 Å². The van der Waals surface area contributed by atoms with E-state index in [1.54, 1.807) is 23.7 Å². The number of aromatic nitrogens is 2. The first-order valence-corrected chi connectivity index (χ1v) is 10.9. The Hall–Kier alpha value is -2.30. The third kappa shape index (κ3) is 4.82. The van der Waals surface area contributed by atoms with E-state index in [9.17, 15) is 17.6 Å². The summed E-state index contributed by atoms with van der Waals surface area (Å²) < 4.78 is 47.4. The van der Waals surface area contributed by atoms with E-state index in [0.717, 1.165) is 5.56 Å². The number of rotatable bonds is 8. The average Bonchev–Trinajstić information content (AvgIpc) is 3.33. The summed E-state index contributed by atoms with van der Waals surface area (Å²) in [5, 5.41) is 2.75. The molecular formula is C19H25FN4O4S. The summed E-state index contributed by atoms with van der Waals surface area (Å²) in [7, 11) is -2.15. The van der Waals surface area contributed by atoms with Crippen LogP contribution in [0.5, 0.6) is 0 Å².